The summed E-state index contributed by atoms with van der Waals surface area (Å²) in [5.74, 6) is 1.64. The summed E-state index contributed by atoms with van der Waals surface area (Å²) in [6.07, 6.45) is 19.9. The Labute approximate surface area is 384 Å². The molecule has 0 amide bonds. The lowest BCUT2D eigenvalue weighted by molar-refractivity contribution is 0.0636. The smallest absolute Gasteiger partial charge is 0.216 e. The Kier molecular flexibility index (Phi) is 8.17. The number of allylic oxidation sites excluding steroid dienone is 4. The number of ether oxygens (including phenoxy) is 2. The van der Waals surface area contributed by atoms with Gasteiger partial charge in [-0.15, -0.1) is 22.7 Å². The largest absolute Gasteiger partial charge is 0.481 e. The van der Waals surface area contributed by atoms with Crippen molar-refractivity contribution in [1.29, 1.82) is 0 Å². The van der Waals surface area contributed by atoms with Crippen LogP contribution in [-0.2, 0) is 0 Å². The standard InChI is InChI=1S/C56H40N2O6S2/c59-49-35-19-29-11-3-4-12-30(29)20-36(35)50(60)47(49)57-45-27-43-53(65-45)39-23-34-26-42-40(24-33(34)25-41(39)55(63-43)15-7-1-8-16-55)54-44(64-56(42)17-9-2-10-18-56)28-46(66-54)58-48-51(61)37-21-31-13-5-6-14-32(31)22-38(37)52(48)62/h3-6,11-14,19-28,33-34H,1-2,7-10,15-18H2. The number of hydrogen-bond acceptors (Lipinski definition) is 10. The maximum Gasteiger partial charge on any atom is 0.216 e. The van der Waals surface area contributed by atoms with Crippen LogP contribution in [0.5, 0.6) is 11.5 Å². The molecule has 2 atom stereocenters. The predicted octanol–water partition coefficient (Wildman–Crippen LogP) is 10.8. The Morgan fingerprint density at radius 1 is 0.455 bits per heavy atom. The fraction of sp³-hybridized carbons (Fsp3) is 0.250. The third-order valence-electron chi connectivity index (χ3n) is 15.3. The molecule has 2 saturated carbocycles. The van der Waals surface area contributed by atoms with Crippen molar-refractivity contribution in [2.45, 2.75) is 75.4 Å². The van der Waals surface area contributed by atoms with Crippen LogP contribution in [0.3, 0.4) is 0 Å². The minimum atomic E-state index is -0.493. The van der Waals surface area contributed by atoms with E-state index in [1.54, 1.807) is 0 Å². The van der Waals surface area contributed by atoms with Gasteiger partial charge in [-0.3, -0.25) is 19.2 Å². The Bertz CT molecular complexity index is 3560. The molecule has 0 saturated heterocycles. The Morgan fingerprint density at radius 2 is 0.803 bits per heavy atom. The van der Waals surface area contributed by atoms with Gasteiger partial charge in [-0.1, -0.05) is 85.7 Å². The minimum absolute atomic E-state index is 0.0489. The first-order chi connectivity index (χ1) is 32.2. The van der Waals surface area contributed by atoms with Crippen molar-refractivity contribution in [3.63, 3.8) is 0 Å². The van der Waals surface area contributed by atoms with Gasteiger partial charge in [-0.05, 0) is 108 Å². The Hall–Kier alpha value is -6.62. The SMILES string of the molecule is O=c1c(=Nc2cc3c(s2)C2=CC4C=C5C(=CC4C=C2C2(CCCCC2)O3)c2sc(N=c3c(=O)c4cc6ccccc6cc4c3=O)cc2OC52CCCCC2)c(=O)c2cc3ccccc3cc12. The average molecular weight is 901 g/mol. The molecule has 8 nitrogen and oxygen atoms in total. The van der Waals surface area contributed by atoms with E-state index in [9.17, 15) is 19.2 Å². The lowest BCUT2D eigenvalue weighted by Crippen LogP contribution is -2.45. The van der Waals surface area contributed by atoms with Crippen molar-refractivity contribution in [3.05, 3.63) is 182 Å². The summed E-state index contributed by atoms with van der Waals surface area (Å²) in [6.45, 7) is 0. The van der Waals surface area contributed by atoms with Gasteiger partial charge in [0, 0.05) is 56.7 Å². The van der Waals surface area contributed by atoms with Crippen molar-refractivity contribution >= 4 is 86.9 Å². The fourth-order valence-electron chi connectivity index (χ4n) is 12.1. The van der Waals surface area contributed by atoms with E-state index in [2.05, 4.69) is 24.3 Å². The van der Waals surface area contributed by atoms with Crippen molar-refractivity contribution in [3.8, 4) is 11.5 Å². The molecule has 2 fully saturated rings. The summed E-state index contributed by atoms with van der Waals surface area (Å²) in [6, 6.07) is 26.6. The highest BCUT2D eigenvalue weighted by Crippen LogP contribution is 2.60. The van der Waals surface area contributed by atoms with Gasteiger partial charge in [0.2, 0.25) is 21.7 Å². The van der Waals surface area contributed by atoms with Crippen LogP contribution in [0.25, 0.3) is 54.2 Å². The molecular formula is C56H40N2O6S2. The zero-order chi connectivity index (χ0) is 44.1. The lowest BCUT2D eigenvalue weighted by atomic mass is 9.65. The second-order valence-electron chi connectivity index (χ2n) is 19.1. The molecule has 0 bridgehead atoms. The monoisotopic (exact) mass is 900 g/mol. The number of rotatable bonds is 2. The third kappa shape index (κ3) is 5.54. The molecule has 14 rings (SSSR count). The van der Waals surface area contributed by atoms with Gasteiger partial charge < -0.3 is 9.47 Å². The van der Waals surface area contributed by atoms with Crippen molar-refractivity contribution in [2.75, 3.05) is 0 Å². The maximum absolute atomic E-state index is 13.8. The highest BCUT2D eigenvalue weighted by molar-refractivity contribution is 7.17. The van der Waals surface area contributed by atoms with E-state index in [1.165, 1.54) is 33.8 Å². The molecule has 322 valence electrons. The molecule has 6 aliphatic rings. The van der Waals surface area contributed by atoms with Gasteiger partial charge >= 0.3 is 0 Å². The van der Waals surface area contributed by atoms with Gasteiger partial charge in [0.05, 0.1) is 9.75 Å². The number of hydrogen-bond donors (Lipinski definition) is 0. The van der Waals surface area contributed by atoms with Crippen LogP contribution in [0.1, 0.15) is 74.0 Å². The van der Waals surface area contributed by atoms with Crippen molar-refractivity contribution in [1.82, 2.24) is 0 Å². The molecule has 4 aliphatic carbocycles. The molecule has 4 heterocycles. The van der Waals surface area contributed by atoms with Crippen LogP contribution < -0.4 is 41.9 Å². The quantitative estimate of drug-likeness (QED) is 0.171. The van der Waals surface area contributed by atoms with E-state index in [-0.39, 0.29) is 44.3 Å². The molecule has 2 aromatic heterocycles. The summed E-state index contributed by atoms with van der Waals surface area (Å²) >= 11 is 2.96. The number of thiophene rings is 2. The second kappa shape index (κ2) is 14.0. The highest BCUT2D eigenvalue weighted by Gasteiger charge is 2.50. The second-order valence-corrected chi connectivity index (χ2v) is 21.1. The first-order valence-corrected chi connectivity index (χ1v) is 24.8. The van der Waals surface area contributed by atoms with Crippen LogP contribution in [0.4, 0.5) is 10.0 Å². The summed E-state index contributed by atoms with van der Waals surface area (Å²) in [5.41, 5.74) is 2.39. The third-order valence-corrected chi connectivity index (χ3v) is 17.4. The number of nitrogens with zero attached hydrogens (tertiary/aromatic N) is 2. The fourth-order valence-corrected chi connectivity index (χ4v) is 14.1. The van der Waals surface area contributed by atoms with Crippen LogP contribution in [0, 0.1) is 11.8 Å². The van der Waals surface area contributed by atoms with E-state index in [0.717, 1.165) is 118 Å². The highest BCUT2D eigenvalue weighted by atomic mass is 32.1. The Morgan fingerprint density at radius 3 is 1.15 bits per heavy atom. The van der Waals surface area contributed by atoms with Crippen LogP contribution >= 0.6 is 22.7 Å². The van der Waals surface area contributed by atoms with Crippen LogP contribution in [-0.4, -0.2) is 11.2 Å². The van der Waals surface area contributed by atoms with E-state index in [0.29, 0.717) is 31.5 Å². The normalized spacial score (nSPS) is 21.2. The zero-order valence-corrected chi connectivity index (χ0v) is 37.4. The topological polar surface area (TPSA) is 111 Å². The van der Waals surface area contributed by atoms with Gasteiger partial charge in [-0.25, -0.2) is 9.98 Å². The maximum atomic E-state index is 13.8. The molecule has 8 aromatic rings. The molecule has 2 spiro atoms. The lowest BCUT2D eigenvalue weighted by Gasteiger charge is -2.48. The van der Waals surface area contributed by atoms with E-state index in [4.69, 9.17) is 19.5 Å². The first-order valence-electron chi connectivity index (χ1n) is 23.2. The van der Waals surface area contributed by atoms with Crippen molar-refractivity contribution < 1.29 is 9.47 Å². The predicted molar refractivity (Wildman–Crippen MR) is 264 cm³/mol. The van der Waals surface area contributed by atoms with Gasteiger partial charge in [0.1, 0.15) is 32.7 Å². The van der Waals surface area contributed by atoms with Crippen molar-refractivity contribution in [2.24, 2.45) is 21.8 Å². The summed E-state index contributed by atoms with van der Waals surface area (Å²) in [4.78, 5) is 66.7. The molecule has 0 radical (unpaired) electrons. The van der Waals surface area contributed by atoms with Gasteiger partial charge in [0.25, 0.3) is 0 Å². The summed E-state index contributed by atoms with van der Waals surface area (Å²) < 4.78 is 14.3. The van der Waals surface area contributed by atoms with E-state index in [1.807, 2.05) is 84.9 Å². The molecule has 6 aromatic carbocycles. The zero-order valence-electron chi connectivity index (χ0n) is 35.8. The summed E-state index contributed by atoms with van der Waals surface area (Å²) in [7, 11) is 0. The van der Waals surface area contributed by atoms with Gasteiger partial charge in [-0.2, -0.15) is 0 Å². The first kappa shape index (κ1) is 38.6. The minimum Gasteiger partial charge on any atom is -0.481 e. The molecule has 2 aliphatic heterocycles. The van der Waals surface area contributed by atoms with Crippen LogP contribution in [0.15, 0.2) is 150 Å². The molecule has 2 unspecified atom stereocenters. The molecule has 66 heavy (non-hydrogen) atoms. The van der Waals surface area contributed by atoms with E-state index < -0.39 is 11.2 Å². The van der Waals surface area contributed by atoms with E-state index >= 15 is 0 Å². The molecular weight excluding hydrogens is 861 g/mol. The van der Waals surface area contributed by atoms with Gasteiger partial charge in [0.15, 0.2) is 10.7 Å². The number of benzene rings is 4. The molecule has 0 N–H and O–H groups in total. The Balaban J connectivity index is 0.891. The number of fused-ring (bicyclic) bond motifs is 13. The molecule has 10 heteroatoms. The average Bonchev–Trinajstić information content (AvgIpc) is 4.06. The summed E-state index contributed by atoms with van der Waals surface area (Å²) in [5, 5.41) is 6.34. The van der Waals surface area contributed by atoms with Crippen LogP contribution in [0.2, 0.25) is 0 Å².